The normalized spacial score (nSPS) is 11.2. The van der Waals surface area contributed by atoms with Crippen molar-refractivity contribution in [2.45, 2.75) is 6.54 Å². The van der Waals surface area contributed by atoms with Gasteiger partial charge in [-0.15, -0.1) is 0 Å². The smallest absolute Gasteiger partial charge is 0.282 e. The summed E-state index contributed by atoms with van der Waals surface area (Å²) in [5.41, 5.74) is 2.07. The molecular formula is C21H20N2O3. The Kier molecular flexibility index (Phi) is 5.49. The predicted molar refractivity (Wildman–Crippen MR) is 99.4 cm³/mol. The molecule has 0 saturated heterocycles. The number of rotatable bonds is 5. The molecule has 0 bridgehead atoms. The Balaban J connectivity index is 1.99. The van der Waals surface area contributed by atoms with Crippen LogP contribution in [0.15, 0.2) is 77.9 Å². The van der Waals surface area contributed by atoms with Gasteiger partial charge in [-0.25, -0.2) is 0 Å². The summed E-state index contributed by atoms with van der Waals surface area (Å²) in [6, 6.07) is 20.7. The highest BCUT2D eigenvalue weighted by atomic mass is 16.5. The standard InChI is InChI=1S/C21H20N2O3/c1-25-17-11-12-19(26-2)18(14-17)21(24)22-20-10-6-7-13-23(20)15-16-8-4-3-5-9-16/h3-14H,15H2,1-2H3. The first-order valence-electron chi connectivity index (χ1n) is 8.22. The topological polar surface area (TPSA) is 52.8 Å². The van der Waals surface area contributed by atoms with E-state index in [-0.39, 0.29) is 5.91 Å². The first-order valence-corrected chi connectivity index (χ1v) is 8.22. The molecule has 0 radical (unpaired) electrons. The molecule has 0 fully saturated rings. The van der Waals surface area contributed by atoms with Crippen molar-refractivity contribution in [2.24, 2.45) is 4.99 Å². The minimum Gasteiger partial charge on any atom is -0.497 e. The van der Waals surface area contributed by atoms with E-state index in [0.717, 1.165) is 5.56 Å². The molecule has 2 aromatic carbocycles. The van der Waals surface area contributed by atoms with E-state index in [4.69, 9.17) is 9.47 Å². The van der Waals surface area contributed by atoms with Crippen LogP contribution in [0.1, 0.15) is 15.9 Å². The summed E-state index contributed by atoms with van der Waals surface area (Å²) in [6.45, 7) is 0.628. The number of hydrogen-bond donors (Lipinski definition) is 0. The Hall–Kier alpha value is -3.34. The van der Waals surface area contributed by atoms with Crippen LogP contribution >= 0.6 is 0 Å². The van der Waals surface area contributed by atoms with Crippen LogP contribution in [-0.2, 0) is 6.54 Å². The fourth-order valence-corrected chi connectivity index (χ4v) is 2.63. The van der Waals surface area contributed by atoms with E-state index in [1.807, 2.05) is 59.3 Å². The number of pyridine rings is 1. The zero-order valence-electron chi connectivity index (χ0n) is 14.8. The van der Waals surface area contributed by atoms with E-state index in [1.54, 1.807) is 25.3 Å². The van der Waals surface area contributed by atoms with Crippen molar-refractivity contribution in [2.75, 3.05) is 14.2 Å². The van der Waals surface area contributed by atoms with Crippen LogP contribution in [0.3, 0.4) is 0 Å². The highest BCUT2D eigenvalue weighted by molar-refractivity contribution is 5.98. The number of amides is 1. The molecular weight excluding hydrogens is 328 g/mol. The fourth-order valence-electron chi connectivity index (χ4n) is 2.63. The third-order valence-corrected chi connectivity index (χ3v) is 3.97. The van der Waals surface area contributed by atoms with Gasteiger partial charge in [-0.1, -0.05) is 36.4 Å². The summed E-state index contributed by atoms with van der Waals surface area (Å²) < 4.78 is 12.4. The lowest BCUT2D eigenvalue weighted by atomic mass is 10.2. The minimum atomic E-state index is -0.381. The Morgan fingerprint density at radius 3 is 2.46 bits per heavy atom. The second-order valence-corrected chi connectivity index (χ2v) is 5.66. The average Bonchev–Trinajstić information content (AvgIpc) is 2.69. The van der Waals surface area contributed by atoms with E-state index in [9.17, 15) is 4.79 Å². The Labute approximate surface area is 152 Å². The molecule has 3 aromatic rings. The molecule has 5 heteroatoms. The first kappa shape index (κ1) is 17.5. The summed E-state index contributed by atoms with van der Waals surface area (Å²) >= 11 is 0. The van der Waals surface area contributed by atoms with E-state index >= 15 is 0 Å². The van der Waals surface area contributed by atoms with E-state index in [0.29, 0.717) is 29.1 Å². The molecule has 0 unspecified atom stereocenters. The zero-order valence-corrected chi connectivity index (χ0v) is 14.8. The molecule has 3 rings (SSSR count). The number of carbonyl (C=O) groups is 1. The molecule has 0 N–H and O–H groups in total. The predicted octanol–water partition coefficient (Wildman–Crippen LogP) is 3.29. The fraction of sp³-hybridized carbons (Fsp3) is 0.143. The molecule has 0 atom stereocenters. The monoisotopic (exact) mass is 348 g/mol. The van der Waals surface area contributed by atoms with Crippen LogP contribution in [0.4, 0.5) is 0 Å². The molecule has 0 aliphatic heterocycles. The van der Waals surface area contributed by atoms with Gasteiger partial charge in [0.2, 0.25) is 0 Å². The number of nitrogens with zero attached hydrogens (tertiary/aromatic N) is 2. The van der Waals surface area contributed by atoms with Gasteiger partial charge in [-0.2, -0.15) is 4.99 Å². The Morgan fingerprint density at radius 1 is 0.962 bits per heavy atom. The van der Waals surface area contributed by atoms with Crippen LogP contribution in [0.5, 0.6) is 11.5 Å². The summed E-state index contributed by atoms with van der Waals surface area (Å²) in [6.07, 6.45) is 1.90. The van der Waals surface area contributed by atoms with Gasteiger partial charge in [0.05, 0.1) is 19.8 Å². The van der Waals surface area contributed by atoms with E-state index < -0.39 is 0 Å². The Bertz CT molecular complexity index is 962. The lowest BCUT2D eigenvalue weighted by Gasteiger charge is -2.09. The van der Waals surface area contributed by atoms with Gasteiger partial charge in [0, 0.05) is 12.7 Å². The summed E-state index contributed by atoms with van der Waals surface area (Å²) in [5, 5.41) is 0. The molecule has 0 aliphatic carbocycles. The van der Waals surface area contributed by atoms with Crippen molar-refractivity contribution in [3.8, 4) is 11.5 Å². The van der Waals surface area contributed by atoms with Crippen molar-refractivity contribution in [3.05, 3.63) is 89.5 Å². The van der Waals surface area contributed by atoms with Gasteiger partial charge < -0.3 is 14.0 Å². The molecule has 0 aliphatic rings. The maximum absolute atomic E-state index is 12.8. The van der Waals surface area contributed by atoms with Crippen LogP contribution in [0, 0.1) is 0 Å². The second kappa shape index (κ2) is 8.16. The van der Waals surface area contributed by atoms with E-state index in [2.05, 4.69) is 4.99 Å². The molecule has 1 heterocycles. The molecule has 26 heavy (non-hydrogen) atoms. The van der Waals surface area contributed by atoms with Crippen molar-refractivity contribution in [1.82, 2.24) is 4.57 Å². The van der Waals surface area contributed by atoms with Crippen LogP contribution < -0.4 is 15.0 Å². The Morgan fingerprint density at radius 2 is 1.73 bits per heavy atom. The molecule has 0 saturated carbocycles. The summed E-state index contributed by atoms with van der Waals surface area (Å²) in [4.78, 5) is 17.0. The number of ether oxygens (including phenoxy) is 2. The molecule has 1 aromatic heterocycles. The largest absolute Gasteiger partial charge is 0.497 e. The van der Waals surface area contributed by atoms with Gasteiger partial charge in [0.1, 0.15) is 17.0 Å². The molecule has 5 nitrogen and oxygen atoms in total. The second-order valence-electron chi connectivity index (χ2n) is 5.66. The SMILES string of the molecule is COc1ccc(OC)c(C(=O)N=c2ccccn2Cc2ccccc2)c1. The average molecular weight is 348 g/mol. The van der Waals surface area contributed by atoms with E-state index in [1.165, 1.54) is 7.11 Å². The number of carbonyl (C=O) groups excluding carboxylic acids is 1. The number of methoxy groups -OCH3 is 2. The quantitative estimate of drug-likeness (QED) is 0.711. The minimum absolute atomic E-state index is 0.363. The molecule has 0 spiro atoms. The van der Waals surface area contributed by atoms with Gasteiger partial charge in [-0.3, -0.25) is 4.79 Å². The van der Waals surface area contributed by atoms with Crippen LogP contribution in [-0.4, -0.2) is 24.7 Å². The van der Waals surface area contributed by atoms with Crippen LogP contribution in [0.2, 0.25) is 0 Å². The van der Waals surface area contributed by atoms with Gasteiger partial charge in [0.15, 0.2) is 0 Å². The van der Waals surface area contributed by atoms with Crippen LogP contribution in [0.25, 0.3) is 0 Å². The van der Waals surface area contributed by atoms with Crippen molar-refractivity contribution >= 4 is 5.91 Å². The third kappa shape index (κ3) is 4.00. The zero-order chi connectivity index (χ0) is 18.4. The third-order valence-electron chi connectivity index (χ3n) is 3.97. The summed E-state index contributed by atoms with van der Waals surface area (Å²) in [5.74, 6) is 0.661. The lowest BCUT2D eigenvalue weighted by molar-refractivity contribution is 0.0994. The number of hydrogen-bond acceptors (Lipinski definition) is 3. The van der Waals surface area contributed by atoms with Gasteiger partial charge in [0.25, 0.3) is 5.91 Å². The van der Waals surface area contributed by atoms with Crippen molar-refractivity contribution in [1.29, 1.82) is 0 Å². The molecule has 132 valence electrons. The first-order chi connectivity index (χ1) is 12.7. The van der Waals surface area contributed by atoms with Crippen molar-refractivity contribution < 1.29 is 14.3 Å². The lowest BCUT2D eigenvalue weighted by Crippen LogP contribution is -2.22. The highest BCUT2D eigenvalue weighted by Gasteiger charge is 2.13. The van der Waals surface area contributed by atoms with Gasteiger partial charge >= 0.3 is 0 Å². The van der Waals surface area contributed by atoms with Crippen molar-refractivity contribution in [3.63, 3.8) is 0 Å². The maximum Gasteiger partial charge on any atom is 0.282 e. The maximum atomic E-state index is 12.8. The summed E-state index contributed by atoms with van der Waals surface area (Å²) in [7, 11) is 3.08. The number of aromatic nitrogens is 1. The number of benzene rings is 2. The van der Waals surface area contributed by atoms with Gasteiger partial charge in [-0.05, 0) is 35.9 Å². The highest BCUT2D eigenvalue weighted by Crippen LogP contribution is 2.24. The molecule has 1 amide bonds.